The molecule has 8 nitrogen and oxygen atoms in total. The summed E-state index contributed by atoms with van der Waals surface area (Å²) in [6.07, 6.45) is 0.382. The molecule has 0 saturated carbocycles. The van der Waals surface area contributed by atoms with Gasteiger partial charge >= 0.3 is 12.1 Å². The van der Waals surface area contributed by atoms with E-state index in [1.165, 1.54) is 22.3 Å². The van der Waals surface area contributed by atoms with Crippen LogP contribution in [0.25, 0.3) is 11.1 Å². The molecule has 8 heteroatoms. The van der Waals surface area contributed by atoms with Crippen LogP contribution >= 0.6 is 0 Å². The van der Waals surface area contributed by atoms with Crippen LogP contribution in [0.4, 0.5) is 4.79 Å². The highest BCUT2D eigenvalue weighted by atomic mass is 16.5. The van der Waals surface area contributed by atoms with Gasteiger partial charge in [-0.3, -0.25) is 14.5 Å². The number of carbonyl (C=O) groups is 3. The largest absolute Gasteiger partial charge is 0.480 e. The standard InChI is InChI=1S/C25H29N3O5/c29-23(28-14-12-27(13-15-28)16-24(30)31)10-5-11-26-25(32)33-17-22-20-8-3-1-6-18(20)19-7-2-4-9-21(19)22/h1-4,6-9,22H,5,10-17H2,(H,26,32)(H,30,31). The summed E-state index contributed by atoms with van der Waals surface area (Å²) in [5, 5.41) is 11.6. The average Bonchev–Trinajstić information content (AvgIpc) is 3.14. The SMILES string of the molecule is O=C(O)CN1CCN(C(=O)CCCNC(=O)OCC2c3ccccc3-c3ccccc32)CC1. The van der Waals surface area contributed by atoms with Crippen molar-refractivity contribution in [2.24, 2.45) is 0 Å². The first-order chi connectivity index (χ1) is 16.0. The van der Waals surface area contributed by atoms with Crippen LogP contribution < -0.4 is 5.32 Å². The lowest BCUT2D eigenvalue weighted by atomic mass is 9.98. The second kappa shape index (κ2) is 10.5. The summed E-state index contributed by atoms with van der Waals surface area (Å²) in [4.78, 5) is 38.9. The lowest BCUT2D eigenvalue weighted by Gasteiger charge is -2.33. The predicted octanol–water partition coefficient (Wildman–Crippen LogP) is 2.53. The van der Waals surface area contributed by atoms with Gasteiger partial charge in [-0.15, -0.1) is 0 Å². The first-order valence-corrected chi connectivity index (χ1v) is 11.3. The van der Waals surface area contributed by atoms with Crippen molar-refractivity contribution in [3.05, 3.63) is 59.7 Å². The summed E-state index contributed by atoms with van der Waals surface area (Å²) in [5.74, 6) is -0.807. The molecule has 1 fully saturated rings. The minimum Gasteiger partial charge on any atom is -0.480 e. The molecule has 2 aromatic carbocycles. The number of alkyl carbamates (subject to hydrolysis) is 1. The molecule has 1 aliphatic carbocycles. The van der Waals surface area contributed by atoms with Crippen molar-refractivity contribution >= 4 is 18.0 Å². The minimum atomic E-state index is -0.853. The van der Waals surface area contributed by atoms with Crippen LogP contribution in [0.3, 0.4) is 0 Å². The summed E-state index contributed by atoms with van der Waals surface area (Å²) in [7, 11) is 0. The molecule has 174 valence electrons. The third kappa shape index (κ3) is 5.51. The molecule has 2 amide bonds. The lowest BCUT2D eigenvalue weighted by Crippen LogP contribution is -2.49. The summed E-state index contributed by atoms with van der Waals surface area (Å²) in [6, 6.07) is 16.4. The average molecular weight is 452 g/mol. The quantitative estimate of drug-likeness (QED) is 0.599. The van der Waals surface area contributed by atoms with Gasteiger partial charge in [-0.1, -0.05) is 48.5 Å². The predicted molar refractivity (Wildman–Crippen MR) is 123 cm³/mol. The molecule has 0 unspecified atom stereocenters. The summed E-state index contributed by atoms with van der Waals surface area (Å²) >= 11 is 0. The maximum Gasteiger partial charge on any atom is 0.407 e. The first kappa shape index (κ1) is 22.8. The molecule has 1 heterocycles. The molecule has 2 aliphatic rings. The molecule has 0 atom stereocenters. The first-order valence-electron chi connectivity index (χ1n) is 11.3. The Hall–Kier alpha value is -3.39. The van der Waals surface area contributed by atoms with Crippen LogP contribution in [-0.4, -0.2) is 78.8 Å². The van der Waals surface area contributed by atoms with E-state index in [9.17, 15) is 14.4 Å². The molecular weight excluding hydrogens is 422 g/mol. The molecule has 33 heavy (non-hydrogen) atoms. The highest BCUT2D eigenvalue weighted by Crippen LogP contribution is 2.44. The van der Waals surface area contributed by atoms with Gasteiger partial charge in [0.1, 0.15) is 6.61 Å². The number of piperazine rings is 1. The van der Waals surface area contributed by atoms with Gasteiger partial charge in [0, 0.05) is 45.1 Å². The van der Waals surface area contributed by atoms with Gasteiger partial charge in [0.15, 0.2) is 0 Å². The highest BCUT2D eigenvalue weighted by molar-refractivity contribution is 5.79. The van der Waals surface area contributed by atoms with Gasteiger partial charge in [0.05, 0.1) is 6.54 Å². The van der Waals surface area contributed by atoms with Gasteiger partial charge in [0.25, 0.3) is 0 Å². The van der Waals surface area contributed by atoms with Crippen molar-refractivity contribution in [2.75, 3.05) is 45.9 Å². The number of nitrogens with zero attached hydrogens (tertiary/aromatic N) is 2. The molecule has 0 spiro atoms. The second-order valence-corrected chi connectivity index (χ2v) is 8.41. The number of benzene rings is 2. The smallest absolute Gasteiger partial charge is 0.407 e. The van der Waals surface area contributed by atoms with Crippen LogP contribution in [0.2, 0.25) is 0 Å². The Morgan fingerprint density at radius 1 is 0.939 bits per heavy atom. The fourth-order valence-corrected chi connectivity index (χ4v) is 4.58. The molecule has 0 bridgehead atoms. The van der Waals surface area contributed by atoms with Gasteiger partial charge in [-0.2, -0.15) is 0 Å². The van der Waals surface area contributed by atoms with E-state index in [0.717, 1.165) is 0 Å². The number of nitrogens with one attached hydrogen (secondary N) is 1. The van der Waals surface area contributed by atoms with Crippen molar-refractivity contribution in [1.29, 1.82) is 0 Å². The molecule has 2 aromatic rings. The number of amides is 2. The van der Waals surface area contributed by atoms with E-state index < -0.39 is 12.1 Å². The molecule has 2 N–H and O–H groups in total. The van der Waals surface area contributed by atoms with E-state index in [1.807, 2.05) is 29.2 Å². The number of fused-ring (bicyclic) bond motifs is 3. The fourth-order valence-electron chi connectivity index (χ4n) is 4.58. The number of hydrogen-bond acceptors (Lipinski definition) is 5. The summed E-state index contributed by atoms with van der Waals surface area (Å²) < 4.78 is 5.51. The maximum atomic E-state index is 12.4. The van der Waals surface area contributed by atoms with E-state index >= 15 is 0 Å². The molecular formula is C25H29N3O5. The number of carbonyl (C=O) groups excluding carboxylic acids is 2. The zero-order chi connectivity index (χ0) is 23.2. The van der Waals surface area contributed by atoms with Crippen LogP contribution in [0.1, 0.15) is 29.9 Å². The Morgan fingerprint density at radius 3 is 2.15 bits per heavy atom. The van der Waals surface area contributed by atoms with Gasteiger partial charge in [-0.25, -0.2) is 4.79 Å². The zero-order valence-corrected chi connectivity index (χ0v) is 18.5. The number of aliphatic carboxylic acids is 1. The lowest BCUT2D eigenvalue weighted by molar-refractivity contribution is -0.139. The Balaban J connectivity index is 1.17. The van der Waals surface area contributed by atoms with Crippen molar-refractivity contribution in [3.8, 4) is 11.1 Å². The van der Waals surface area contributed by atoms with E-state index in [4.69, 9.17) is 9.84 Å². The van der Waals surface area contributed by atoms with Gasteiger partial charge in [0.2, 0.25) is 5.91 Å². The fraction of sp³-hybridized carbons (Fsp3) is 0.400. The van der Waals surface area contributed by atoms with E-state index in [-0.39, 0.29) is 25.0 Å². The molecule has 1 saturated heterocycles. The molecule has 0 aromatic heterocycles. The number of hydrogen-bond donors (Lipinski definition) is 2. The monoisotopic (exact) mass is 451 g/mol. The number of carboxylic acids is 1. The second-order valence-electron chi connectivity index (χ2n) is 8.41. The maximum absolute atomic E-state index is 12.4. The third-order valence-electron chi connectivity index (χ3n) is 6.26. The molecule has 4 rings (SSSR count). The van der Waals surface area contributed by atoms with Crippen molar-refractivity contribution in [2.45, 2.75) is 18.8 Å². The van der Waals surface area contributed by atoms with Crippen LogP contribution in [0.5, 0.6) is 0 Å². The Bertz CT molecular complexity index is 971. The number of carboxylic acid groups (broad SMARTS) is 1. The number of ether oxygens (including phenoxy) is 1. The van der Waals surface area contributed by atoms with Gasteiger partial charge in [-0.05, 0) is 28.7 Å². The molecule has 1 aliphatic heterocycles. The minimum absolute atomic E-state index is 0.00604. The summed E-state index contributed by atoms with van der Waals surface area (Å²) in [5.41, 5.74) is 4.70. The summed E-state index contributed by atoms with van der Waals surface area (Å²) in [6.45, 7) is 2.83. The van der Waals surface area contributed by atoms with Crippen LogP contribution in [0, 0.1) is 0 Å². The Morgan fingerprint density at radius 2 is 1.55 bits per heavy atom. The number of rotatable bonds is 8. The normalized spacial score (nSPS) is 15.6. The van der Waals surface area contributed by atoms with Crippen LogP contribution in [0.15, 0.2) is 48.5 Å². The van der Waals surface area contributed by atoms with Gasteiger partial charge < -0.3 is 20.1 Å². The zero-order valence-electron chi connectivity index (χ0n) is 18.5. The third-order valence-corrected chi connectivity index (χ3v) is 6.26. The topological polar surface area (TPSA) is 99.2 Å². The molecule has 0 radical (unpaired) electrons. The van der Waals surface area contributed by atoms with Crippen LogP contribution in [-0.2, 0) is 14.3 Å². The Labute approximate surface area is 193 Å². The van der Waals surface area contributed by atoms with Crippen molar-refractivity contribution < 1.29 is 24.2 Å². The van der Waals surface area contributed by atoms with E-state index in [1.54, 1.807) is 4.90 Å². The van der Waals surface area contributed by atoms with Crippen molar-refractivity contribution in [1.82, 2.24) is 15.1 Å². The van der Waals surface area contributed by atoms with E-state index in [0.29, 0.717) is 45.6 Å². The highest BCUT2D eigenvalue weighted by Gasteiger charge is 2.29. The van der Waals surface area contributed by atoms with E-state index in [2.05, 4.69) is 29.6 Å². The van der Waals surface area contributed by atoms with Crippen molar-refractivity contribution in [3.63, 3.8) is 0 Å². The Kier molecular flexibility index (Phi) is 7.24.